The lowest BCUT2D eigenvalue weighted by atomic mass is 9.88. The molecule has 3 heteroatoms. The fourth-order valence-electron chi connectivity index (χ4n) is 3.08. The van der Waals surface area contributed by atoms with Crippen LogP contribution in [0.5, 0.6) is 0 Å². The lowest BCUT2D eigenvalue weighted by molar-refractivity contribution is 0.110. The van der Waals surface area contributed by atoms with E-state index in [1.807, 2.05) is 0 Å². The van der Waals surface area contributed by atoms with Crippen molar-refractivity contribution in [2.75, 3.05) is 20.1 Å². The van der Waals surface area contributed by atoms with Crippen molar-refractivity contribution >= 4 is 22.6 Å². The molecule has 1 N–H and O–H groups in total. The normalized spacial score (nSPS) is 18.7. The van der Waals surface area contributed by atoms with Crippen molar-refractivity contribution < 1.29 is 0 Å². The fourth-order valence-corrected chi connectivity index (χ4v) is 3.43. The molecule has 1 saturated heterocycles. The first kappa shape index (κ1) is 15.3. The molecule has 19 heavy (non-hydrogen) atoms. The monoisotopic (exact) mass is 372 g/mol. The molecule has 0 aromatic heterocycles. The third-order valence-corrected chi connectivity index (χ3v) is 5.19. The molecule has 0 aliphatic carbocycles. The van der Waals surface area contributed by atoms with Gasteiger partial charge in [0.15, 0.2) is 0 Å². The first-order chi connectivity index (χ1) is 9.04. The van der Waals surface area contributed by atoms with Gasteiger partial charge >= 0.3 is 0 Å². The maximum Gasteiger partial charge on any atom is 0.0309 e. The molecule has 1 fully saturated rings. The van der Waals surface area contributed by atoms with Gasteiger partial charge in [0, 0.05) is 15.2 Å². The van der Waals surface area contributed by atoms with Gasteiger partial charge in [-0.15, -0.1) is 0 Å². The number of hydrogen-bond donors (Lipinski definition) is 1. The summed E-state index contributed by atoms with van der Waals surface area (Å²) in [6.07, 6.45) is 3.80. The van der Waals surface area contributed by atoms with Crippen molar-refractivity contribution in [1.82, 2.24) is 10.2 Å². The van der Waals surface area contributed by atoms with Crippen LogP contribution in [-0.2, 0) is 6.42 Å². The minimum atomic E-state index is 0.217. The number of rotatable bonds is 5. The van der Waals surface area contributed by atoms with Crippen LogP contribution >= 0.6 is 22.6 Å². The molecule has 1 heterocycles. The van der Waals surface area contributed by atoms with Crippen LogP contribution in [0.1, 0.15) is 32.3 Å². The summed E-state index contributed by atoms with van der Waals surface area (Å²) in [5, 5.41) is 3.54. The molecule has 1 aliphatic rings. The van der Waals surface area contributed by atoms with Crippen LogP contribution < -0.4 is 5.32 Å². The number of likely N-dealkylation sites (tertiary alicyclic amines) is 1. The summed E-state index contributed by atoms with van der Waals surface area (Å²) >= 11 is 2.36. The van der Waals surface area contributed by atoms with Gasteiger partial charge in [0.05, 0.1) is 0 Å². The Balaban J connectivity index is 2.08. The van der Waals surface area contributed by atoms with Gasteiger partial charge < -0.3 is 5.32 Å². The first-order valence-electron chi connectivity index (χ1n) is 7.21. The van der Waals surface area contributed by atoms with Crippen LogP contribution in [0.25, 0.3) is 0 Å². The van der Waals surface area contributed by atoms with E-state index in [0.29, 0.717) is 6.04 Å². The first-order valence-corrected chi connectivity index (χ1v) is 8.28. The lowest BCUT2D eigenvalue weighted by Crippen LogP contribution is -2.57. The van der Waals surface area contributed by atoms with Gasteiger partial charge in [-0.05, 0) is 93.5 Å². The second-order valence-corrected chi connectivity index (χ2v) is 7.27. The Morgan fingerprint density at radius 2 is 1.79 bits per heavy atom. The third-order valence-electron chi connectivity index (χ3n) is 4.48. The van der Waals surface area contributed by atoms with E-state index in [2.05, 4.69) is 78.0 Å². The molecule has 0 radical (unpaired) electrons. The second-order valence-electron chi connectivity index (χ2n) is 6.02. The highest BCUT2D eigenvalue weighted by molar-refractivity contribution is 14.1. The predicted molar refractivity (Wildman–Crippen MR) is 90.6 cm³/mol. The SMILES string of the molecule is CNC(Cc1ccc(I)cc1)C(C)(C)N1CCCC1. The zero-order chi connectivity index (χ0) is 13.9. The molecular weight excluding hydrogens is 347 g/mol. The average molecular weight is 372 g/mol. The zero-order valence-electron chi connectivity index (χ0n) is 12.2. The average Bonchev–Trinajstić information content (AvgIpc) is 2.92. The molecule has 0 spiro atoms. The number of hydrogen-bond acceptors (Lipinski definition) is 2. The minimum Gasteiger partial charge on any atom is -0.315 e. The highest BCUT2D eigenvalue weighted by Gasteiger charge is 2.35. The number of likely N-dealkylation sites (N-methyl/N-ethyl adjacent to an activating group) is 1. The summed E-state index contributed by atoms with van der Waals surface area (Å²) in [5.41, 5.74) is 1.64. The Morgan fingerprint density at radius 1 is 1.21 bits per heavy atom. The smallest absolute Gasteiger partial charge is 0.0309 e. The maximum atomic E-state index is 3.54. The summed E-state index contributed by atoms with van der Waals surface area (Å²) in [6.45, 7) is 7.26. The lowest BCUT2D eigenvalue weighted by Gasteiger charge is -2.42. The van der Waals surface area contributed by atoms with Crippen LogP contribution in [0.2, 0.25) is 0 Å². The molecule has 106 valence electrons. The van der Waals surface area contributed by atoms with Crippen molar-refractivity contribution in [3.05, 3.63) is 33.4 Å². The molecular formula is C16H25IN2. The predicted octanol–water partition coefficient (Wildman–Crippen LogP) is 3.30. The van der Waals surface area contributed by atoms with E-state index in [1.165, 1.54) is 35.1 Å². The zero-order valence-corrected chi connectivity index (χ0v) is 14.4. The number of halogens is 1. The molecule has 1 aromatic rings. The highest BCUT2D eigenvalue weighted by Crippen LogP contribution is 2.26. The summed E-state index contributed by atoms with van der Waals surface area (Å²) in [6, 6.07) is 9.40. The molecule has 0 amide bonds. The number of nitrogens with one attached hydrogen (secondary N) is 1. The molecule has 0 saturated carbocycles. The van der Waals surface area contributed by atoms with E-state index >= 15 is 0 Å². The molecule has 2 nitrogen and oxygen atoms in total. The van der Waals surface area contributed by atoms with Crippen LogP contribution in [0.3, 0.4) is 0 Å². The van der Waals surface area contributed by atoms with E-state index in [4.69, 9.17) is 0 Å². The third kappa shape index (κ3) is 3.70. The Kier molecular flexibility index (Phi) is 5.26. The Morgan fingerprint density at radius 3 is 2.32 bits per heavy atom. The number of nitrogens with zero attached hydrogens (tertiary/aromatic N) is 1. The van der Waals surface area contributed by atoms with E-state index in [0.717, 1.165) is 6.42 Å². The van der Waals surface area contributed by atoms with Crippen molar-refractivity contribution in [2.45, 2.75) is 44.7 Å². The van der Waals surface area contributed by atoms with Crippen LogP contribution in [-0.4, -0.2) is 36.6 Å². The summed E-state index contributed by atoms with van der Waals surface area (Å²) in [5.74, 6) is 0. The Labute approximate surface area is 131 Å². The van der Waals surface area contributed by atoms with Crippen molar-refractivity contribution in [2.24, 2.45) is 0 Å². The molecule has 1 aromatic carbocycles. The van der Waals surface area contributed by atoms with Gasteiger partial charge in [-0.1, -0.05) is 12.1 Å². The van der Waals surface area contributed by atoms with Gasteiger partial charge in [0.25, 0.3) is 0 Å². The molecule has 0 bridgehead atoms. The molecule has 2 rings (SSSR count). The largest absolute Gasteiger partial charge is 0.315 e. The van der Waals surface area contributed by atoms with Gasteiger partial charge in [-0.25, -0.2) is 0 Å². The quantitative estimate of drug-likeness (QED) is 0.798. The molecule has 1 aliphatic heterocycles. The summed E-state index contributed by atoms with van der Waals surface area (Å²) in [4.78, 5) is 2.64. The Hall–Kier alpha value is -0.130. The topological polar surface area (TPSA) is 15.3 Å². The molecule has 1 atom stereocenters. The van der Waals surface area contributed by atoms with Crippen LogP contribution in [0.4, 0.5) is 0 Å². The van der Waals surface area contributed by atoms with Gasteiger partial charge in [-0.3, -0.25) is 4.90 Å². The number of benzene rings is 1. The van der Waals surface area contributed by atoms with E-state index in [9.17, 15) is 0 Å². The van der Waals surface area contributed by atoms with Gasteiger partial charge in [0.2, 0.25) is 0 Å². The summed E-state index contributed by atoms with van der Waals surface area (Å²) in [7, 11) is 2.09. The van der Waals surface area contributed by atoms with E-state index in [1.54, 1.807) is 0 Å². The van der Waals surface area contributed by atoms with Crippen LogP contribution in [0, 0.1) is 3.57 Å². The minimum absolute atomic E-state index is 0.217. The van der Waals surface area contributed by atoms with Crippen molar-refractivity contribution in [1.29, 1.82) is 0 Å². The fraction of sp³-hybridized carbons (Fsp3) is 0.625. The van der Waals surface area contributed by atoms with Crippen LogP contribution in [0.15, 0.2) is 24.3 Å². The van der Waals surface area contributed by atoms with Gasteiger partial charge in [-0.2, -0.15) is 0 Å². The van der Waals surface area contributed by atoms with E-state index in [-0.39, 0.29) is 5.54 Å². The van der Waals surface area contributed by atoms with E-state index < -0.39 is 0 Å². The second kappa shape index (κ2) is 6.55. The van der Waals surface area contributed by atoms with Crippen molar-refractivity contribution in [3.8, 4) is 0 Å². The highest BCUT2D eigenvalue weighted by atomic mass is 127. The Bertz CT molecular complexity index is 394. The standard InChI is InChI=1S/C16H25IN2/c1-16(2,19-10-4-5-11-19)15(18-3)12-13-6-8-14(17)9-7-13/h6-9,15,18H,4-5,10-12H2,1-3H3. The molecule has 1 unspecified atom stereocenters. The van der Waals surface area contributed by atoms with Gasteiger partial charge in [0.1, 0.15) is 0 Å². The summed E-state index contributed by atoms with van der Waals surface area (Å²) < 4.78 is 1.31. The van der Waals surface area contributed by atoms with Crippen molar-refractivity contribution in [3.63, 3.8) is 0 Å². The maximum absolute atomic E-state index is 3.54.